The van der Waals surface area contributed by atoms with Gasteiger partial charge in [0.15, 0.2) is 0 Å². The Balaban J connectivity index is 2.37. The van der Waals surface area contributed by atoms with Gasteiger partial charge in [-0.05, 0) is 50.9 Å². The number of likely N-dealkylation sites (N-methyl/N-ethyl adjacent to an activating group) is 1. The van der Waals surface area contributed by atoms with Crippen LogP contribution in [0.15, 0.2) is 24.3 Å². The third kappa shape index (κ3) is 5.38. The van der Waals surface area contributed by atoms with Gasteiger partial charge in [-0.1, -0.05) is 25.5 Å². The van der Waals surface area contributed by atoms with Gasteiger partial charge in [0, 0.05) is 0 Å². The van der Waals surface area contributed by atoms with Crippen molar-refractivity contribution in [2.24, 2.45) is 0 Å². The summed E-state index contributed by atoms with van der Waals surface area (Å²) in [5.41, 5.74) is 0.682. The van der Waals surface area contributed by atoms with Crippen LogP contribution in [-0.2, 0) is 16.0 Å². The van der Waals surface area contributed by atoms with Crippen LogP contribution in [0.4, 0.5) is 0 Å². The highest BCUT2D eigenvalue weighted by Gasteiger charge is 2.31. The summed E-state index contributed by atoms with van der Waals surface area (Å²) in [6.07, 6.45) is 3.70. The number of ether oxygens (including phenoxy) is 2. The number of carbonyl (C=O) groups is 1. The lowest BCUT2D eigenvalue weighted by atomic mass is 9.96. The van der Waals surface area contributed by atoms with Crippen LogP contribution >= 0.6 is 0 Å². The normalized spacial score (nSPS) is 13.5. The number of benzene rings is 1. The number of aryl methyl sites for hydroxylation is 1. The first-order valence-electron chi connectivity index (χ1n) is 7.54. The van der Waals surface area contributed by atoms with Gasteiger partial charge in [-0.2, -0.15) is 0 Å². The number of carbonyl (C=O) groups excluding carboxylic acids is 1. The van der Waals surface area contributed by atoms with Crippen molar-refractivity contribution in [3.8, 4) is 5.75 Å². The third-order valence-corrected chi connectivity index (χ3v) is 3.74. The van der Waals surface area contributed by atoms with Gasteiger partial charge in [-0.15, -0.1) is 0 Å². The van der Waals surface area contributed by atoms with Crippen LogP contribution in [0.2, 0.25) is 0 Å². The summed E-state index contributed by atoms with van der Waals surface area (Å²) in [5.74, 6) is 0.632. The quantitative estimate of drug-likeness (QED) is 0.562. The fourth-order valence-corrected chi connectivity index (χ4v) is 2.21. The summed E-state index contributed by atoms with van der Waals surface area (Å²) >= 11 is 0. The molecule has 0 saturated heterocycles. The second-order valence-corrected chi connectivity index (χ2v) is 5.42. The molecule has 0 spiro atoms. The molecule has 0 aliphatic rings. The number of esters is 1. The highest BCUT2D eigenvalue weighted by Crippen LogP contribution is 2.16. The summed E-state index contributed by atoms with van der Waals surface area (Å²) in [7, 11) is 3.18. The van der Waals surface area contributed by atoms with Crippen molar-refractivity contribution in [2.45, 2.75) is 45.1 Å². The van der Waals surface area contributed by atoms with Gasteiger partial charge >= 0.3 is 5.97 Å². The first kappa shape index (κ1) is 17.5. The molecule has 4 nitrogen and oxygen atoms in total. The largest absolute Gasteiger partial charge is 0.494 e. The molecule has 1 atom stereocenters. The molecule has 0 aliphatic carbocycles. The average Bonchev–Trinajstić information content (AvgIpc) is 2.52. The molecule has 0 saturated carbocycles. The predicted octanol–water partition coefficient (Wildman–Crippen LogP) is 2.95. The highest BCUT2D eigenvalue weighted by atomic mass is 16.5. The Labute approximate surface area is 127 Å². The summed E-state index contributed by atoms with van der Waals surface area (Å²) in [6, 6.07) is 8.21. The minimum Gasteiger partial charge on any atom is -0.494 e. The summed E-state index contributed by atoms with van der Waals surface area (Å²) in [4.78, 5) is 11.7. The highest BCUT2D eigenvalue weighted by molar-refractivity contribution is 5.80. The zero-order valence-corrected chi connectivity index (χ0v) is 13.6. The molecule has 4 heteroatoms. The lowest BCUT2D eigenvalue weighted by Gasteiger charge is -2.25. The van der Waals surface area contributed by atoms with Crippen molar-refractivity contribution in [1.29, 1.82) is 0 Å². The van der Waals surface area contributed by atoms with Gasteiger partial charge in [-0.3, -0.25) is 4.79 Å². The molecule has 1 unspecified atom stereocenters. The summed E-state index contributed by atoms with van der Waals surface area (Å²) < 4.78 is 10.5. The Morgan fingerprint density at radius 1 is 1.29 bits per heavy atom. The molecule has 118 valence electrons. The van der Waals surface area contributed by atoms with E-state index in [-0.39, 0.29) is 5.97 Å². The minimum atomic E-state index is -0.650. The zero-order valence-electron chi connectivity index (χ0n) is 13.6. The maximum Gasteiger partial charge on any atom is 0.325 e. The summed E-state index contributed by atoms with van der Waals surface area (Å²) in [6.45, 7) is 4.60. The topological polar surface area (TPSA) is 47.6 Å². The molecular formula is C17H27NO3. The van der Waals surface area contributed by atoms with Gasteiger partial charge < -0.3 is 14.8 Å². The first-order chi connectivity index (χ1) is 10.1. The van der Waals surface area contributed by atoms with Crippen LogP contribution in [0.5, 0.6) is 5.75 Å². The van der Waals surface area contributed by atoms with Gasteiger partial charge in [0.2, 0.25) is 0 Å². The number of hydrogen-bond acceptors (Lipinski definition) is 4. The van der Waals surface area contributed by atoms with Crippen molar-refractivity contribution in [3.63, 3.8) is 0 Å². The van der Waals surface area contributed by atoms with E-state index in [0.29, 0.717) is 13.0 Å². The van der Waals surface area contributed by atoms with Crippen LogP contribution in [0, 0.1) is 0 Å². The molecular weight excluding hydrogens is 266 g/mol. The van der Waals surface area contributed by atoms with Crippen LogP contribution in [0.25, 0.3) is 0 Å². The van der Waals surface area contributed by atoms with Crippen LogP contribution in [0.1, 0.15) is 38.7 Å². The van der Waals surface area contributed by atoms with Crippen molar-refractivity contribution in [3.05, 3.63) is 29.8 Å². The third-order valence-electron chi connectivity index (χ3n) is 3.74. The predicted molar refractivity (Wildman–Crippen MR) is 84.6 cm³/mol. The Bertz CT molecular complexity index is 430. The minimum absolute atomic E-state index is 0.242. The number of nitrogens with one attached hydrogen (secondary N) is 1. The van der Waals surface area contributed by atoms with E-state index in [1.807, 2.05) is 19.1 Å². The molecule has 0 bridgehead atoms. The monoisotopic (exact) mass is 293 g/mol. The maximum absolute atomic E-state index is 11.7. The molecule has 1 N–H and O–H groups in total. The van der Waals surface area contributed by atoms with Crippen molar-refractivity contribution in [2.75, 3.05) is 20.8 Å². The molecule has 0 fully saturated rings. The molecule has 1 rings (SSSR count). The van der Waals surface area contributed by atoms with Crippen LogP contribution in [-0.4, -0.2) is 32.3 Å². The Hall–Kier alpha value is -1.55. The molecule has 0 amide bonds. The van der Waals surface area contributed by atoms with E-state index in [2.05, 4.69) is 24.4 Å². The molecule has 0 heterocycles. The van der Waals surface area contributed by atoms with Crippen molar-refractivity contribution < 1.29 is 14.3 Å². The average molecular weight is 293 g/mol. The number of hydrogen-bond donors (Lipinski definition) is 1. The molecule has 0 radical (unpaired) electrons. The number of rotatable bonds is 9. The fourth-order valence-electron chi connectivity index (χ4n) is 2.21. The smallest absolute Gasteiger partial charge is 0.325 e. The molecule has 0 aliphatic heterocycles. The molecule has 21 heavy (non-hydrogen) atoms. The van der Waals surface area contributed by atoms with Gasteiger partial charge in [0.05, 0.1) is 13.7 Å². The van der Waals surface area contributed by atoms with E-state index in [1.54, 1.807) is 7.05 Å². The fraction of sp³-hybridized carbons (Fsp3) is 0.588. The van der Waals surface area contributed by atoms with Gasteiger partial charge in [0.25, 0.3) is 0 Å². The summed E-state index contributed by atoms with van der Waals surface area (Å²) in [5, 5.41) is 3.02. The number of methoxy groups -OCH3 is 1. The van der Waals surface area contributed by atoms with E-state index in [4.69, 9.17) is 9.47 Å². The Morgan fingerprint density at radius 3 is 2.48 bits per heavy atom. The van der Waals surface area contributed by atoms with E-state index in [1.165, 1.54) is 12.7 Å². The van der Waals surface area contributed by atoms with Crippen LogP contribution in [0.3, 0.4) is 0 Å². The van der Waals surface area contributed by atoms with Gasteiger partial charge in [0.1, 0.15) is 11.3 Å². The zero-order chi connectivity index (χ0) is 15.7. The Morgan fingerprint density at radius 2 is 1.95 bits per heavy atom. The van der Waals surface area contributed by atoms with E-state index in [9.17, 15) is 4.79 Å². The van der Waals surface area contributed by atoms with E-state index < -0.39 is 5.54 Å². The second kappa shape index (κ2) is 8.67. The maximum atomic E-state index is 11.7. The van der Waals surface area contributed by atoms with Gasteiger partial charge in [-0.25, -0.2) is 0 Å². The lowest BCUT2D eigenvalue weighted by molar-refractivity contribution is -0.148. The molecule has 0 aromatic heterocycles. The van der Waals surface area contributed by atoms with E-state index in [0.717, 1.165) is 25.0 Å². The Kier molecular flexibility index (Phi) is 7.23. The van der Waals surface area contributed by atoms with Crippen LogP contribution < -0.4 is 10.1 Å². The second-order valence-electron chi connectivity index (χ2n) is 5.42. The standard InChI is InChI=1S/C17H27NO3/c1-5-7-14-8-10-15(11-9-14)21-13-6-12-17(2,18-3)16(19)20-4/h8-11,18H,5-7,12-13H2,1-4H3. The molecule has 1 aromatic rings. The van der Waals surface area contributed by atoms with E-state index >= 15 is 0 Å². The van der Waals surface area contributed by atoms with Crippen molar-refractivity contribution in [1.82, 2.24) is 5.32 Å². The first-order valence-corrected chi connectivity index (χ1v) is 7.54. The SMILES string of the molecule is CCCc1ccc(OCCCC(C)(NC)C(=O)OC)cc1. The lowest BCUT2D eigenvalue weighted by Crippen LogP contribution is -2.48. The molecule has 1 aromatic carbocycles. The van der Waals surface area contributed by atoms with Crippen molar-refractivity contribution >= 4 is 5.97 Å².